The van der Waals surface area contributed by atoms with Gasteiger partial charge in [-0.25, -0.2) is 4.98 Å². The maximum absolute atomic E-state index is 12.8. The van der Waals surface area contributed by atoms with Crippen LogP contribution in [0, 0.1) is 0 Å². The minimum atomic E-state index is -4.46. The highest BCUT2D eigenvalue weighted by Crippen LogP contribution is 2.30. The number of aromatic nitrogens is 2. The van der Waals surface area contributed by atoms with E-state index in [4.69, 9.17) is 0 Å². The fourth-order valence-corrected chi connectivity index (χ4v) is 2.05. The Labute approximate surface area is 142 Å². The lowest BCUT2D eigenvalue weighted by molar-refractivity contribution is -0.137. The summed E-state index contributed by atoms with van der Waals surface area (Å²) in [6, 6.07) is 4.61. The Morgan fingerprint density at radius 1 is 1.28 bits per heavy atom. The fourth-order valence-electron chi connectivity index (χ4n) is 2.05. The number of nitrogens with one attached hydrogen (secondary N) is 2. The minimum Gasteiger partial charge on any atom is -0.352 e. The van der Waals surface area contributed by atoms with Gasteiger partial charge in [0.25, 0.3) is 5.91 Å². The molecule has 0 atom stereocenters. The molecular formula is C16H17F3N4O2. The highest BCUT2D eigenvalue weighted by molar-refractivity contribution is 5.94. The molecule has 134 valence electrons. The van der Waals surface area contributed by atoms with E-state index in [0.29, 0.717) is 0 Å². The minimum absolute atomic E-state index is 0.00485. The Morgan fingerprint density at radius 3 is 2.64 bits per heavy atom. The fraction of sp³-hybridized carbons (Fsp3) is 0.312. The van der Waals surface area contributed by atoms with Gasteiger partial charge in [0.15, 0.2) is 0 Å². The monoisotopic (exact) mass is 354 g/mol. The summed E-state index contributed by atoms with van der Waals surface area (Å²) < 4.78 is 39.6. The van der Waals surface area contributed by atoms with Gasteiger partial charge >= 0.3 is 6.18 Å². The molecule has 1 aromatic carbocycles. The Balaban J connectivity index is 2.07. The third-order valence-corrected chi connectivity index (χ3v) is 3.15. The van der Waals surface area contributed by atoms with Crippen LogP contribution in [-0.2, 0) is 11.0 Å². The molecule has 0 saturated carbocycles. The molecule has 9 heteroatoms. The third-order valence-electron chi connectivity index (χ3n) is 3.15. The smallest absolute Gasteiger partial charge is 0.352 e. The summed E-state index contributed by atoms with van der Waals surface area (Å²) in [5, 5.41) is 5.01. The van der Waals surface area contributed by atoms with Crippen LogP contribution >= 0.6 is 0 Å². The standard InChI is InChI=1S/C16H17F3N4O2/c1-10(2)22-14(24)7-20-15(25)13-8-23(9-21-13)12-5-3-4-11(6-12)16(17,18)19/h3-6,8-10H,7H2,1-2H3,(H,20,25)(H,22,24). The molecule has 6 nitrogen and oxygen atoms in total. The van der Waals surface area contributed by atoms with E-state index in [0.717, 1.165) is 12.1 Å². The van der Waals surface area contributed by atoms with Crippen LogP contribution < -0.4 is 10.6 Å². The Kier molecular flexibility index (Phi) is 5.45. The van der Waals surface area contributed by atoms with Crippen molar-refractivity contribution in [2.75, 3.05) is 6.54 Å². The van der Waals surface area contributed by atoms with Gasteiger partial charge in [-0.3, -0.25) is 9.59 Å². The van der Waals surface area contributed by atoms with Crippen LogP contribution in [0.1, 0.15) is 29.9 Å². The van der Waals surface area contributed by atoms with Gasteiger partial charge < -0.3 is 15.2 Å². The number of nitrogens with zero attached hydrogens (tertiary/aromatic N) is 2. The Morgan fingerprint density at radius 2 is 2.00 bits per heavy atom. The number of alkyl halides is 3. The van der Waals surface area contributed by atoms with Crippen molar-refractivity contribution in [3.63, 3.8) is 0 Å². The van der Waals surface area contributed by atoms with Crippen LogP contribution in [0.3, 0.4) is 0 Å². The molecule has 2 rings (SSSR count). The quantitative estimate of drug-likeness (QED) is 0.864. The van der Waals surface area contributed by atoms with Gasteiger partial charge in [0.1, 0.15) is 12.0 Å². The summed E-state index contributed by atoms with van der Waals surface area (Å²) in [4.78, 5) is 27.3. The van der Waals surface area contributed by atoms with Gasteiger partial charge in [-0.05, 0) is 32.0 Å². The first kappa shape index (κ1) is 18.5. The second-order valence-corrected chi connectivity index (χ2v) is 5.62. The van der Waals surface area contributed by atoms with E-state index in [1.54, 1.807) is 13.8 Å². The van der Waals surface area contributed by atoms with Gasteiger partial charge in [0.2, 0.25) is 5.91 Å². The second kappa shape index (κ2) is 7.37. The maximum Gasteiger partial charge on any atom is 0.416 e. The lowest BCUT2D eigenvalue weighted by atomic mass is 10.2. The highest BCUT2D eigenvalue weighted by Gasteiger charge is 2.30. The number of imidazole rings is 1. The van der Waals surface area contributed by atoms with E-state index in [1.165, 1.54) is 29.2 Å². The van der Waals surface area contributed by atoms with Crippen molar-refractivity contribution >= 4 is 11.8 Å². The topological polar surface area (TPSA) is 76.0 Å². The zero-order valence-electron chi connectivity index (χ0n) is 13.6. The molecule has 0 fully saturated rings. The molecule has 0 aliphatic rings. The molecule has 0 bridgehead atoms. The zero-order valence-corrected chi connectivity index (χ0v) is 13.6. The normalized spacial score (nSPS) is 11.4. The van der Waals surface area contributed by atoms with Crippen molar-refractivity contribution in [1.82, 2.24) is 20.2 Å². The molecule has 0 aliphatic heterocycles. The number of carbonyl (C=O) groups excluding carboxylic acids is 2. The summed E-state index contributed by atoms with van der Waals surface area (Å²) in [6.07, 6.45) is -1.93. The summed E-state index contributed by atoms with van der Waals surface area (Å²) in [7, 11) is 0. The molecule has 0 aliphatic carbocycles. The average Bonchev–Trinajstić information content (AvgIpc) is 3.01. The van der Waals surface area contributed by atoms with Crippen LogP contribution in [0.25, 0.3) is 5.69 Å². The van der Waals surface area contributed by atoms with Crippen molar-refractivity contribution in [2.24, 2.45) is 0 Å². The van der Waals surface area contributed by atoms with E-state index >= 15 is 0 Å². The molecule has 2 amide bonds. The summed E-state index contributed by atoms with van der Waals surface area (Å²) in [6.45, 7) is 3.36. The van der Waals surface area contributed by atoms with Gasteiger partial charge in [-0.2, -0.15) is 13.2 Å². The molecule has 0 saturated heterocycles. The molecule has 25 heavy (non-hydrogen) atoms. The summed E-state index contributed by atoms with van der Waals surface area (Å²) >= 11 is 0. The predicted molar refractivity (Wildman–Crippen MR) is 84.2 cm³/mol. The van der Waals surface area contributed by atoms with Gasteiger partial charge in [0.05, 0.1) is 12.1 Å². The largest absolute Gasteiger partial charge is 0.416 e. The molecule has 0 unspecified atom stereocenters. The molecule has 0 radical (unpaired) electrons. The number of rotatable bonds is 5. The number of hydrogen-bond acceptors (Lipinski definition) is 3. The number of hydrogen-bond donors (Lipinski definition) is 2. The summed E-state index contributed by atoms with van der Waals surface area (Å²) in [5.41, 5.74) is -0.580. The molecule has 1 aromatic heterocycles. The average molecular weight is 354 g/mol. The Hall–Kier alpha value is -2.84. The third kappa shape index (κ3) is 5.07. The number of amides is 2. The first-order chi connectivity index (χ1) is 11.7. The van der Waals surface area contributed by atoms with E-state index in [9.17, 15) is 22.8 Å². The van der Waals surface area contributed by atoms with E-state index in [2.05, 4.69) is 15.6 Å². The molecule has 2 aromatic rings. The summed E-state index contributed by atoms with van der Waals surface area (Å²) in [5.74, 6) is -0.940. The number of benzene rings is 1. The number of carbonyl (C=O) groups is 2. The molecular weight excluding hydrogens is 337 g/mol. The van der Waals surface area contributed by atoms with Crippen LogP contribution in [-0.4, -0.2) is 34.0 Å². The lowest BCUT2D eigenvalue weighted by Crippen LogP contribution is -2.39. The lowest BCUT2D eigenvalue weighted by Gasteiger charge is -2.09. The zero-order chi connectivity index (χ0) is 18.6. The van der Waals surface area contributed by atoms with Crippen molar-refractivity contribution in [3.8, 4) is 5.69 Å². The highest BCUT2D eigenvalue weighted by atomic mass is 19.4. The van der Waals surface area contributed by atoms with Gasteiger partial charge in [-0.1, -0.05) is 6.07 Å². The van der Waals surface area contributed by atoms with E-state index in [1.807, 2.05) is 0 Å². The van der Waals surface area contributed by atoms with E-state index in [-0.39, 0.29) is 29.9 Å². The van der Waals surface area contributed by atoms with Crippen LogP contribution in [0.2, 0.25) is 0 Å². The van der Waals surface area contributed by atoms with Crippen molar-refractivity contribution in [1.29, 1.82) is 0 Å². The first-order valence-corrected chi connectivity index (χ1v) is 7.46. The molecule has 1 heterocycles. The first-order valence-electron chi connectivity index (χ1n) is 7.46. The van der Waals surface area contributed by atoms with Crippen molar-refractivity contribution in [2.45, 2.75) is 26.1 Å². The SMILES string of the molecule is CC(C)NC(=O)CNC(=O)c1cn(-c2cccc(C(F)(F)F)c2)cn1. The van der Waals surface area contributed by atoms with E-state index < -0.39 is 17.6 Å². The van der Waals surface area contributed by atoms with Gasteiger partial charge in [0, 0.05) is 17.9 Å². The van der Waals surface area contributed by atoms with Gasteiger partial charge in [-0.15, -0.1) is 0 Å². The Bertz CT molecular complexity index is 769. The van der Waals surface area contributed by atoms with Crippen LogP contribution in [0.15, 0.2) is 36.8 Å². The molecule has 0 spiro atoms. The second-order valence-electron chi connectivity index (χ2n) is 5.62. The maximum atomic E-state index is 12.8. The molecule has 2 N–H and O–H groups in total. The number of halogens is 3. The van der Waals surface area contributed by atoms with Crippen LogP contribution in [0.4, 0.5) is 13.2 Å². The predicted octanol–water partition coefficient (Wildman–Crippen LogP) is 2.15. The van der Waals surface area contributed by atoms with Crippen molar-refractivity contribution < 1.29 is 22.8 Å². The van der Waals surface area contributed by atoms with Crippen LogP contribution in [0.5, 0.6) is 0 Å². The van der Waals surface area contributed by atoms with Crippen molar-refractivity contribution in [3.05, 3.63) is 48.0 Å².